The van der Waals surface area contributed by atoms with Gasteiger partial charge in [-0.15, -0.1) is 0 Å². The van der Waals surface area contributed by atoms with Crippen LogP contribution in [0.3, 0.4) is 0 Å². The molecule has 0 heterocycles. The first kappa shape index (κ1) is 17.9. The highest BCUT2D eigenvalue weighted by atomic mass is 15.2. The first-order chi connectivity index (χ1) is 8.49. The Kier molecular flexibility index (Phi) is 9.70. The Labute approximate surface area is 115 Å². The first-order valence-corrected chi connectivity index (χ1v) is 7.68. The van der Waals surface area contributed by atoms with Crippen LogP contribution in [0.5, 0.6) is 0 Å². The molecule has 0 aromatic rings. The summed E-state index contributed by atoms with van der Waals surface area (Å²) in [6.07, 6.45) is 1.28. The van der Waals surface area contributed by atoms with Gasteiger partial charge in [0.25, 0.3) is 0 Å². The summed E-state index contributed by atoms with van der Waals surface area (Å²) < 4.78 is 0. The number of hydrogen-bond acceptors (Lipinski definition) is 3. The van der Waals surface area contributed by atoms with Gasteiger partial charge in [0.2, 0.25) is 0 Å². The van der Waals surface area contributed by atoms with Crippen molar-refractivity contribution in [2.75, 3.05) is 45.8 Å². The topological polar surface area (TPSA) is 18.5 Å². The summed E-state index contributed by atoms with van der Waals surface area (Å²) in [4.78, 5) is 5.06. The van der Waals surface area contributed by atoms with Gasteiger partial charge in [0, 0.05) is 12.1 Å². The summed E-state index contributed by atoms with van der Waals surface area (Å²) in [6.45, 7) is 21.6. The van der Waals surface area contributed by atoms with E-state index in [0.717, 1.165) is 19.6 Å². The van der Waals surface area contributed by atoms with Crippen LogP contribution in [0.2, 0.25) is 0 Å². The van der Waals surface area contributed by atoms with E-state index >= 15 is 0 Å². The molecule has 0 unspecified atom stereocenters. The van der Waals surface area contributed by atoms with E-state index in [-0.39, 0.29) is 5.54 Å². The quantitative estimate of drug-likeness (QED) is 0.613. The Morgan fingerprint density at radius 3 is 1.78 bits per heavy atom. The van der Waals surface area contributed by atoms with Crippen LogP contribution in [-0.2, 0) is 0 Å². The zero-order chi connectivity index (χ0) is 14.0. The fourth-order valence-corrected chi connectivity index (χ4v) is 2.50. The van der Waals surface area contributed by atoms with Crippen molar-refractivity contribution in [3.8, 4) is 0 Å². The van der Waals surface area contributed by atoms with Gasteiger partial charge in [0.1, 0.15) is 0 Å². The zero-order valence-electron chi connectivity index (χ0n) is 13.6. The highest BCUT2D eigenvalue weighted by molar-refractivity contribution is 4.81. The average molecular weight is 257 g/mol. The smallest absolute Gasteiger partial charge is 0.0252 e. The van der Waals surface area contributed by atoms with Gasteiger partial charge in [-0.1, -0.05) is 27.7 Å². The molecule has 0 spiro atoms. The molecular weight excluding hydrogens is 222 g/mol. The van der Waals surface area contributed by atoms with E-state index in [4.69, 9.17) is 0 Å². The lowest BCUT2D eigenvalue weighted by molar-refractivity contribution is 0.195. The predicted molar refractivity (Wildman–Crippen MR) is 82.3 cm³/mol. The molecule has 0 radical (unpaired) electrons. The Morgan fingerprint density at radius 1 is 0.833 bits per heavy atom. The standard InChI is InChI=1S/C15H35N3/c1-7-16-15(5,6)14-18(10-4)13-11-12-17(8-2)9-3/h16H,7-14H2,1-6H3. The van der Waals surface area contributed by atoms with E-state index in [1.165, 1.54) is 32.6 Å². The highest BCUT2D eigenvalue weighted by Gasteiger charge is 2.19. The maximum atomic E-state index is 3.56. The minimum Gasteiger partial charge on any atom is -0.311 e. The van der Waals surface area contributed by atoms with E-state index in [1.54, 1.807) is 0 Å². The summed E-state index contributed by atoms with van der Waals surface area (Å²) in [6, 6.07) is 0. The molecule has 0 saturated carbocycles. The summed E-state index contributed by atoms with van der Waals surface area (Å²) in [5.74, 6) is 0. The molecular formula is C15H35N3. The molecule has 0 bridgehead atoms. The molecule has 0 aliphatic carbocycles. The summed E-state index contributed by atoms with van der Waals surface area (Å²) >= 11 is 0. The van der Waals surface area contributed by atoms with Crippen molar-refractivity contribution >= 4 is 0 Å². The second-order valence-corrected chi connectivity index (χ2v) is 5.66. The summed E-state index contributed by atoms with van der Waals surface area (Å²) in [5, 5.41) is 3.56. The molecule has 3 heteroatoms. The first-order valence-electron chi connectivity index (χ1n) is 7.68. The fraction of sp³-hybridized carbons (Fsp3) is 1.00. The molecule has 0 saturated heterocycles. The number of likely N-dealkylation sites (N-methyl/N-ethyl adjacent to an activating group) is 2. The second kappa shape index (κ2) is 9.76. The highest BCUT2D eigenvalue weighted by Crippen LogP contribution is 2.06. The average Bonchev–Trinajstić information content (AvgIpc) is 2.33. The van der Waals surface area contributed by atoms with Crippen LogP contribution >= 0.6 is 0 Å². The molecule has 0 amide bonds. The maximum absolute atomic E-state index is 3.56. The molecule has 110 valence electrons. The largest absolute Gasteiger partial charge is 0.311 e. The van der Waals surface area contributed by atoms with Crippen molar-refractivity contribution in [3.05, 3.63) is 0 Å². The summed E-state index contributed by atoms with van der Waals surface area (Å²) in [7, 11) is 0. The van der Waals surface area contributed by atoms with Crippen molar-refractivity contribution in [1.29, 1.82) is 0 Å². The van der Waals surface area contributed by atoms with Crippen LogP contribution in [0.25, 0.3) is 0 Å². The molecule has 0 aliphatic rings. The minimum absolute atomic E-state index is 0.222. The van der Waals surface area contributed by atoms with Crippen molar-refractivity contribution in [3.63, 3.8) is 0 Å². The number of rotatable bonds is 11. The van der Waals surface area contributed by atoms with Gasteiger partial charge in [0.15, 0.2) is 0 Å². The summed E-state index contributed by atoms with van der Waals surface area (Å²) in [5.41, 5.74) is 0.222. The Hall–Kier alpha value is -0.120. The molecule has 0 aromatic heterocycles. The van der Waals surface area contributed by atoms with Gasteiger partial charge in [0.05, 0.1) is 0 Å². The van der Waals surface area contributed by atoms with Gasteiger partial charge < -0.3 is 15.1 Å². The zero-order valence-corrected chi connectivity index (χ0v) is 13.6. The minimum atomic E-state index is 0.222. The van der Waals surface area contributed by atoms with Crippen molar-refractivity contribution < 1.29 is 0 Å². The molecule has 18 heavy (non-hydrogen) atoms. The SMILES string of the molecule is CCNC(C)(C)CN(CC)CCCN(CC)CC. The number of nitrogens with zero attached hydrogens (tertiary/aromatic N) is 2. The number of hydrogen-bond donors (Lipinski definition) is 1. The van der Waals surface area contributed by atoms with Crippen LogP contribution in [0.15, 0.2) is 0 Å². The van der Waals surface area contributed by atoms with E-state index in [9.17, 15) is 0 Å². The molecule has 0 fully saturated rings. The second-order valence-electron chi connectivity index (χ2n) is 5.66. The van der Waals surface area contributed by atoms with E-state index in [0.29, 0.717) is 0 Å². The Bertz CT molecular complexity index is 188. The Balaban J connectivity index is 3.96. The van der Waals surface area contributed by atoms with E-state index in [2.05, 4.69) is 56.7 Å². The van der Waals surface area contributed by atoms with E-state index < -0.39 is 0 Å². The third kappa shape index (κ3) is 8.06. The third-order valence-electron chi connectivity index (χ3n) is 3.56. The third-order valence-corrected chi connectivity index (χ3v) is 3.56. The molecule has 0 aromatic carbocycles. The normalized spacial score (nSPS) is 12.7. The van der Waals surface area contributed by atoms with E-state index in [1.807, 2.05) is 0 Å². The van der Waals surface area contributed by atoms with Gasteiger partial charge in [-0.3, -0.25) is 0 Å². The van der Waals surface area contributed by atoms with Crippen molar-refractivity contribution in [2.45, 2.75) is 53.5 Å². The monoisotopic (exact) mass is 257 g/mol. The van der Waals surface area contributed by atoms with Gasteiger partial charge in [-0.05, 0) is 59.5 Å². The number of nitrogens with one attached hydrogen (secondary N) is 1. The fourth-order valence-electron chi connectivity index (χ4n) is 2.50. The van der Waals surface area contributed by atoms with Crippen LogP contribution in [-0.4, -0.2) is 61.2 Å². The maximum Gasteiger partial charge on any atom is 0.0252 e. The molecule has 3 nitrogen and oxygen atoms in total. The Morgan fingerprint density at radius 2 is 1.33 bits per heavy atom. The van der Waals surface area contributed by atoms with Crippen LogP contribution < -0.4 is 5.32 Å². The lowest BCUT2D eigenvalue weighted by atomic mass is 10.0. The molecule has 0 aliphatic heterocycles. The van der Waals surface area contributed by atoms with Gasteiger partial charge >= 0.3 is 0 Å². The molecule has 1 N–H and O–H groups in total. The molecule has 0 atom stereocenters. The van der Waals surface area contributed by atoms with Gasteiger partial charge in [-0.2, -0.15) is 0 Å². The lowest BCUT2D eigenvalue weighted by Crippen LogP contribution is -2.49. The van der Waals surface area contributed by atoms with Crippen molar-refractivity contribution in [1.82, 2.24) is 15.1 Å². The lowest BCUT2D eigenvalue weighted by Gasteiger charge is -2.33. The predicted octanol–water partition coefficient (Wildman–Crippen LogP) is 2.43. The van der Waals surface area contributed by atoms with Crippen LogP contribution in [0.1, 0.15) is 48.0 Å². The van der Waals surface area contributed by atoms with Crippen LogP contribution in [0, 0.1) is 0 Å². The van der Waals surface area contributed by atoms with Crippen molar-refractivity contribution in [2.24, 2.45) is 0 Å². The molecule has 0 rings (SSSR count). The van der Waals surface area contributed by atoms with Gasteiger partial charge in [-0.25, -0.2) is 0 Å². The van der Waals surface area contributed by atoms with Crippen LogP contribution in [0.4, 0.5) is 0 Å².